The molecule has 0 radical (unpaired) electrons. The molecule has 146 valence electrons. The Hall–Kier alpha value is -2.79. The third kappa shape index (κ3) is 4.04. The molecule has 0 saturated heterocycles. The van der Waals surface area contributed by atoms with Gasteiger partial charge in [-0.1, -0.05) is 35.4 Å². The minimum Gasteiger partial charge on any atom is -0.487 e. The molecule has 2 aromatic carbocycles. The fraction of sp³-hybridized carbons (Fsp3) is 0.273. The second-order valence-electron chi connectivity index (χ2n) is 6.74. The number of methoxy groups -OCH3 is 1. The van der Waals surface area contributed by atoms with Gasteiger partial charge in [0.1, 0.15) is 17.9 Å². The molecule has 0 unspecified atom stereocenters. The molecular formula is C22H21ClO5. The molecule has 0 aliphatic carbocycles. The summed E-state index contributed by atoms with van der Waals surface area (Å²) in [5, 5.41) is 1.06. The van der Waals surface area contributed by atoms with E-state index in [9.17, 15) is 9.59 Å². The highest BCUT2D eigenvalue weighted by Crippen LogP contribution is 2.32. The maximum atomic E-state index is 12.3. The molecule has 0 fully saturated rings. The molecule has 0 bridgehead atoms. The van der Waals surface area contributed by atoms with E-state index in [2.05, 4.69) is 10.8 Å². The van der Waals surface area contributed by atoms with E-state index in [1.807, 2.05) is 26.0 Å². The minimum atomic E-state index is -0.571. The van der Waals surface area contributed by atoms with Gasteiger partial charge in [-0.2, -0.15) is 0 Å². The van der Waals surface area contributed by atoms with Gasteiger partial charge in [0, 0.05) is 11.5 Å². The van der Waals surface area contributed by atoms with Crippen molar-refractivity contribution in [3.05, 3.63) is 73.6 Å². The molecule has 3 aromatic rings. The fourth-order valence-electron chi connectivity index (χ4n) is 3.03. The first kappa shape index (κ1) is 20.0. The molecule has 3 rings (SSSR count). The summed E-state index contributed by atoms with van der Waals surface area (Å²) in [5.41, 5.74) is 4.02. The highest BCUT2D eigenvalue weighted by Gasteiger charge is 2.17. The number of aryl methyl sites for hydroxylation is 3. The number of benzene rings is 2. The Morgan fingerprint density at radius 3 is 2.61 bits per heavy atom. The van der Waals surface area contributed by atoms with Crippen LogP contribution in [0, 0.1) is 20.8 Å². The molecule has 1 aromatic heterocycles. The molecule has 0 saturated carbocycles. The Balaban J connectivity index is 1.96. The third-order valence-electron chi connectivity index (χ3n) is 4.78. The van der Waals surface area contributed by atoms with E-state index in [4.69, 9.17) is 20.8 Å². The number of hydrogen-bond donors (Lipinski definition) is 0. The first-order chi connectivity index (χ1) is 13.3. The molecule has 1 heterocycles. The molecule has 28 heavy (non-hydrogen) atoms. The molecule has 0 aliphatic heterocycles. The quantitative estimate of drug-likeness (QED) is 0.460. The van der Waals surface area contributed by atoms with Crippen molar-refractivity contribution in [2.24, 2.45) is 0 Å². The minimum absolute atomic E-state index is 0.150. The van der Waals surface area contributed by atoms with E-state index in [-0.39, 0.29) is 12.0 Å². The number of halogens is 1. The average Bonchev–Trinajstić information content (AvgIpc) is 2.66. The molecule has 5 nitrogen and oxygen atoms in total. The SMILES string of the molecule is COC(=O)Cc1c(C)c2cc(Cl)c(OCc3cc(C)ccc3C)cc2oc1=O. The number of ether oxygens (including phenoxy) is 2. The normalized spacial score (nSPS) is 10.9. The van der Waals surface area contributed by atoms with Gasteiger partial charge >= 0.3 is 11.6 Å². The van der Waals surface area contributed by atoms with Gasteiger partial charge in [-0.25, -0.2) is 4.79 Å². The van der Waals surface area contributed by atoms with Crippen molar-refractivity contribution in [2.75, 3.05) is 7.11 Å². The van der Waals surface area contributed by atoms with Crippen LogP contribution in [-0.4, -0.2) is 13.1 Å². The van der Waals surface area contributed by atoms with Crippen molar-refractivity contribution in [2.45, 2.75) is 33.8 Å². The summed E-state index contributed by atoms with van der Waals surface area (Å²) in [4.78, 5) is 23.9. The standard InChI is InChI=1S/C22H21ClO5/c1-12-5-6-13(2)15(7-12)11-27-20-10-19-16(8-18(20)23)14(3)17(22(25)28-19)9-21(24)26-4/h5-8,10H,9,11H2,1-4H3. The van der Waals surface area contributed by atoms with Gasteiger partial charge in [-0.3, -0.25) is 4.79 Å². The highest BCUT2D eigenvalue weighted by atomic mass is 35.5. The average molecular weight is 401 g/mol. The lowest BCUT2D eigenvalue weighted by atomic mass is 10.0. The Kier molecular flexibility index (Phi) is 5.75. The predicted molar refractivity (Wildman–Crippen MR) is 108 cm³/mol. The number of esters is 1. The van der Waals surface area contributed by atoms with E-state index in [0.717, 1.165) is 16.7 Å². The molecule has 0 amide bonds. The van der Waals surface area contributed by atoms with Crippen LogP contribution >= 0.6 is 11.6 Å². The summed E-state index contributed by atoms with van der Waals surface area (Å²) in [6.07, 6.45) is -0.150. The van der Waals surface area contributed by atoms with Crippen LogP contribution < -0.4 is 10.4 Å². The largest absolute Gasteiger partial charge is 0.487 e. The van der Waals surface area contributed by atoms with Crippen molar-refractivity contribution < 1.29 is 18.7 Å². The lowest BCUT2D eigenvalue weighted by Crippen LogP contribution is -2.16. The fourth-order valence-corrected chi connectivity index (χ4v) is 3.25. The van der Waals surface area contributed by atoms with Gasteiger partial charge in [0.15, 0.2) is 0 Å². The molecule has 0 atom stereocenters. The van der Waals surface area contributed by atoms with E-state index < -0.39 is 11.6 Å². The zero-order valence-corrected chi connectivity index (χ0v) is 17.0. The van der Waals surface area contributed by atoms with Crippen molar-refractivity contribution in [1.29, 1.82) is 0 Å². The Morgan fingerprint density at radius 1 is 1.14 bits per heavy atom. The summed E-state index contributed by atoms with van der Waals surface area (Å²) in [7, 11) is 1.27. The second kappa shape index (κ2) is 8.07. The molecule has 0 spiro atoms. The van der Waals surface area contributed by atoms with E-state index >= 15 is 0 Å². The zero-order valence-electron chi connectivity index (χ0n) is 16.2. The van der Waals surface area contributed by atoms with Crippen LogP contribution in [0.2, 0.25) is 5.02 Å². The predicted octanol–water partition coefficient (Wildman–Crippen LogP) is 4.67. The molecular weight excluding hydrogens is 380 g/mol. The summed E-state index contributed by atoms with van der Waals surface area (Å²) in [6, 6.07) is 9.45. The monoisotopic (exact) mass is 400 g/mol. The van der Waals surface area contributed by atoms with E-state index in [0.29, 0.717) is 33.9 Å². The van der Waals surface area contributed by atoms with Crippen LogP contribution in [0.4, 0.5) is 0 Å². The van der Waals surface area contributed by atoms with Crippen molar-refractivity contribution in [3.8, 4) is 5.75 Å². The first-order valence-electron chi connectivity index (χ1n) is 8.81. The Bertz CT molecular complexity index is 1110. The first-order valence-corrected chi connectivity index (χ1v) is 9.19. The third-order valence-corrected chi connectivity index (χ3v) is 5.07. The van der Waals surface area contributed by atoms with Gasteiger partial charge in [0.2, 0.25) is 0 Å². The number of fused-ring (bicyclic) bond motifs is 1. The lowest BCUT2D eigenvalue weighted by Gasteiger charge is -2.13. The van der Waals surface area contributed by atoms with Crippen LogP contribution in [0.3, 0.4) is 0 Å². The van der Waals surface area contributed by atoms with E-state index in [1.165, 1.54) is 7.11 Å². The maximum Gasteiger partial charge on any atom is 0.340 e. The van der Waals surface area contributed by atoms with Crippen LogP contribution in [0.15, 0.2) is 39.5 Å². The highest BCUT2D eigenvalue weighted by molar-refractivity contribution is 6.32. The Labute approximate surface area is 167 Å². The summed E-state index contributed by atoms with van der Waals surface area (Å²) in [5.74, 6) is -0.0762. The summed E-state index contributed by atoms with van der Waals surface area (Å²) >= 11 is 6.40. The number of carbonyl (C=O) groups is 1. The topological polar surface area (TPSA) is 65.7 Å². The molecule has 6 heteroatoms. The lowest BCUT2D eigenvalue weighted by molar-refractivity contribution is -0.139. The number of rotatable bonds is 5. The van der Waals surface area contributed by atoms with Crippen molar-refractivity contribution >= 4 is 28.5 Å². The van der Waals surface area contributed by atoms with Crippen molar-refractivity contribution in [3.63, 3.8) is 0 Å². The van der Waals surface area contributed by atoms with Crippen LogP contribution in [0.1, 0.15) is 27.8 Å². The van der Waals surface area contributed by atoms with Gasteiger partial charge < -0.3 is 13.9 Å². The van der Waals surface area contributed by atoms with Gasteiger partial charge in [-0.05, 0) is 43.5 Å². The summed E-state index contributed by atoms with van der Waals surface area (Å²) < 4.78 is 15.9. The van der Waals surface area contributed by atoms with Gasteiger partial charge in [-0.15, -0.1) is 0 Å². The van der Waals surface area contributed by atoms with Crippen LogP contribution in [-0.2, 0) is 22.6 Å². The maximum absolute atomic E-state index is 12.3. The van der Waals surface area contributed by atoms with E-state index in [1.54, 1.807) is 19.1 Å². The number of hydrogen-bond acceptors (Lipinski definition) is 5. The zero-order chi connectivity index (χ0) is 20.4. The van der Waals surface area contributed by atoms with Crippen molar-refractivity contribution in [1.82, 2.24) is 0 Å². The molecule has 0 aliphatic rings. The van der Waals surface area contributed by atoms with Gasteiger partial charge in [0.25, 0.3) is 0 Å². The Morgan fingerprint density at radius 2 is 1.89 bits per heavy atom. The van der Waals surface area contributed by atoms with Crippen LogP contribution in [0.25, 0.3) is 11.0 Å². The summed E-state index contributed by atoms with van der Waals surface area (Å²) in [6.45, 7) is 6.15. The van der Waals surface area contributed by atoms with Gasteiger partial charge in [0.05, 0.1) is 24.1 Å². The smallest absolute Gasteiger partial charge is 0.340 e. The number of carbonyl (C=O) groups excluding carboxylic acids is 1. The second-order valence-corrected chi connectivity index (χ2v) is 7.15. The molecule has 0 N–H and O–H groups in total. The van der Waals surface area contributed by atoms with Crippen LogP contribution in [0.5, 0.6) is 5.75 Å².